The maximum atomic E-state index is 12.5. The normalized spacial score (nSPS) is 12.7. The third kappa shape index (κ3) is 3.84. The number of carbonyl (C=O) groups excluding carboxylic acids is 2. The fourth-order valence-electron chi connectivity index (χ4n) is 2.66. The van der Waals surface area contributed by atoms with Gasteiger partial charge in [0.05, 0.1) is 18.6 Å². The van der Waals surface area contributed by atoms with E-state index >= 15 is 0 Å². The Balaban J connectivity index is 1.40. The van der Waals surface area contributed by atoms with Crippen LogP contribution in [0.15, 0.2) is 47.6 Å². The van der Waals surface area contributed by atoms with E-state index in [1.54, 1.807) is 25.3 Å². The molecule has 3 aromatic rings. The molecule has 0 bridgehead atoms. The van der Waals surface area contributed by atoms with Crippen molar-refractivity contribution >= 4 is 29.1 Å². The van der Waals surface area contributed by atoms with E-state index in [1.165, 1.54) is 11.8 Å². The number of anilines is 1. The third-order valence-corrected chi connectivity index (χ3v) is 4.94. The highest BCUT2D eigenvalue weighted by atomic mass is 32.2. The summed E-state index contributed by atoms with van der Waals surface area (Å²) in [6.07, 6.45) is 0. The first kappa shape index (κ1) is 18.1. The zero-order valence-electron chi connectivity index (χ0n) is 14.9. The molecule has 2 N–H and O–H groups in total. The Labute approximate surface area is 164 Å². The molecule has 0 saturated heterocycles. The molecule has 4 rings (SSSR count). The number of H-pyrrole nitrogens is 1. The largest absolute Gasteiger partial charge is 0.497 e. The number of carbonyl (C=O) groups is 2. The average molecular weight is 396 g/mol. The standard InChI is InChI=1S/C19H16N4O4S/c1-26-13-5-2-11(3-6-13)18-21-19(23-22-18)28-10-15(24)12-4-7-16-14(8-12)20-17(25)9-27-16/h2-8H,9-10H2,1H3,(H,20,25)(H,21,22,23). The quantitative estimate of drug-likeness (QED) is 0.487. The Morgan fingerprint density at radius 3 is 2.86 bits per heavy atom. The summed E-state index contributed by atoms with van der Waals surface area (Å²) in [6, 6.07) is 12.4. The minimum Gasteiger partial charge on any atom is -0.497 e. The number of hydrogen-bond acceptors (Lipinski definition) is 7. The molecule has 0 atom stereocenters. The van der Waals surface area contributed by atoms with Crippen molar-refractivity contribution in [2.24, 2.45) is 0 Å². The van der Waals surface area contributed by atoms with Gasteiger partial charge in [-0.1, -0.05) is 11.8 Å². The molecule has 9 heteroatoms. The lowest BCUT2D eigenvalue weighted by atomic mass is 10.1. The summed E-state index contributed by atoms with van der Waals surface area (Å²) in [5.74, 6) is 1.78. The van der Waals surface area contributed by atoms with Gasteiger partial charge in [-0.3, -0.25) is 14.7 Å². The van der Waals surface area contributed by atoms with Crippen molar-refractivity contribution in [1.82, 2.24) is 15.2 Å². The molecule has 28 heavy (non-hydrogen) atoms. The Bertz CT molecular complexity index is 1030. The smallest absolute Gasteiger partial charge is 0.262 e. The van der Waals surface area contributed by atoms with Gasteiger partial charge in [0.15, 0.2) is 18.2 Å². The van der Waals surface area contributed by atoms with E-state index in [0.29, 0.717) is 28.0 Å². The van der Waals surface area contributed by atoms with Gasteiger partial charge in [0.25, 0.3) is 5.91 Å². The van der Waals surface area contributed by atoms with Crippen LogP contribution in [0.2, 0.25) is 0 Å². The van der Waals surface area contributed by atoms with Crippen molar-refractivity contribution in [2.45, 2.75) is 5.16 Å². The minimum absolute atomic E-state index is 0.0164. The molecule has 0 saturated carbocycles. The van der Waals surface area contributed by atoms with Gasteiger partial charge in [0.2, 0.25) is 5.16 Å². The van der Waals surface area contributed by atoms with Crippen molar-refractivity contribution < 1.29 is 19.1 Å². The van der Waals surface area contributed by atoms with E-state index in [9.17, 15) is 9.59 Å². The fraction of sp³-hybridized carbons (Fsp3) is 0.158. The van der Waals surface area contributed by atoms with Gasteiger partial charge >= 0.3 is 0 Å². The van der Waals surface area contributed by atoms with Crippen LogP contribution in [0, 0.1) is 0 Å². The van der Waals surface area contributed by atoms with E-state index in [4.69, 9.17) is 9.47 Å². The number of nitrogens with one attached hydrogen (secondary N) is 2. The number of nitrogens with zero attached hydrogens (tertiary/aromatic N) is 2. The van der Waals surface area contributed by atoms with Crippen molar-refractivity contribution in [2.75, 3.05) is 24.8 Å². The number of aromatic amines is 1. The molecule has 0 radical (unpaired) electrons. The lowest BCUT2D eigenvalue weighted by Gasteiger charge is -2.18. The summed E-state index contributed by atoms with van der Waals surface area (Å²) < 4.78 is 10.4. The minimum atomic E-state index is -0.238. The summed E-state index contributed by atoms with van der Waals surface area (Å²) in [4.78, 5) is 28.3. The van der Waals surface area contributed by atoms with E-state index in [2.05, 4.69) is 20.5 Å². The van der Waals surface area contributed by atoms with Gasteiger partial charge in [0.1, 0.15) is 11.5 Å². The molecule has 1 aromatic heterocycles. The molecule has 142 valence electrons. The summed E-state index contributed by atoms with van der Waals surface area (Å²) in [5, 5.41) is 10.2. The number of benzene rings is 2. The maximum absolute atomic E-state index is 12.5. The number of methoxy groups -OCH3 is 1. The Morgan fingerprint density at radius 1 is 1.25 bits per heavy atom. The molecule has 0 unspecified atom stereocenters. The zero-order valence-corrected chi connectivity index (χ0v) is 15.7. The van der Waals surface area contributed by atoms with Gasteiger partial charge in [0, 0.05) is 11.1 Å². The van der Waals surface area contributed by atoms with Crippen molar-refractivity contribution in [3.05, 3.63) is 48.0 Å². The summed E-state index contributed by atoms with van der Waals surface area (Å²) in [7, 11) is 1.61. The van der Waals surface area contributed by atoms with Crippen LogP contribution in [0.1, 0.15) is 10.4 Å². The number of thioether (sulfide) groups is 1. The lowest BCUT2D eigenvalue weighted by Crippen LogP contribution is -2.25. The first-order valence-corrected chi connectivity index (χ1v) is 9.40. The number of fused-ring (bicyclic) bond motifs is 1. The van der Waals surface area contributed by atoms with Crippen LogP contribution >= 0.6 is 11.8 Å². The molecule has 2 aromatic carbocycles. The molecule has 1 aliphatic rings. The number of amides is 1. The second kappa shape index (κ2) is 7.73. The van der Waals surface area contributed by atoms with Crippen molar-refractivity contribution in [3.8, 4) is 22.9 Å². The number of hydrogen-bond donors (Lipinski definition) is 2. The molecule has 1 aliphatic heterocycles. The zero-order chi connectivity index (χ0) is 19.5. The first-order valence-electron chi connectivity index (χ1n) is 8.42. The van der Waals surface area contributed by atoms with E-state index in [0.717, 1.165) is 11.3 Å². The Hall–Kier alpha value is -3.33. The van der Waals surface area contributed by atoms with Gasteiger partial charge in [-0.15, -0.1) is 5.10 Å². The number of Topliss-reactive ketones (excluding diaryl/α,β-unsaturated/α-hetero) is 1. The van der Waals surface area contributed by atoms with Crippen LogP contribution in [-0.4, -0.2) is 46.3 Å². The SMILES string of the molecule is COc1ccc(-c2nc(SCC(=O)c3ccc4c(c3)NC(=O)CO4)n[nH]2)cc1. The summed E-state index contributed by atoms with van der Waals surface area (Å²) in [6.45, 7) is -0.0164. The van der Waals surface area contributed by atoms with Crippen molar-refractivity contribution in [1.29, 1.82) is 0 Å². The summed E-state index contributed by atoms with van der Waals surface area (Å²) in [5.41, 5.74) is 1.87. The molecule has 1 amide bonds. The lowest BCUT2D eigenvalue weighted by molar-refractivity contribution is -0.118. The van der Waals surface area contributed by atoms with E-state index < -0.39 is 0 Å². The fourth-order valence-corrected chi connectivity index (χ4v) is 3.35. The number of ether oxygens (including phenoxy) is 2. The summed E-state index contributed by atoms with van der Waals surface area (Å²) >= 11 is 1.24. The highest BCUT2D eigenvalue weighted by Gasteiger charge is 2.18. The predicted octanol–water partition coefficient (Wildman–Crippen LogP) is 2.79. The molecular formula is C19H16N4O4S. The van der Waals surface area contributed by atoms with E-state index in [-0.39, 0.29) is 24.1 Å². The molecule has 0 spiro atoms. The monoisotopic (exact) mass is 396 g/mol. The van der Waals surface area contributed by atoms with Gasteiger partial charge in [-0.25, -0.2) is 4.98 Å². The Morgan fingerprint density at radius 2 is 2.07 bits per heavy atom. The van der Waals surface area contributed by atoms with Gasteiger partial charge in [-0.2, -0.15) is 0 Å². The van der Waals surface area contributed by atoms with Crippen LogP contribution in [0.3, 0.4) is 0 Å². The van der Waals surface area contributed by atoms with Gasteiger partial charge < -0.3 is 14.8 Å². The Kier molecular flexibility index (Phi) is 4.98. The van der Waals surface area contributed by atoms with Crippen molar-refractivity contribution in [3.63, 3.8) is 0 Å². The highest BCUT2D eigenvalue weighted by Crippen LogP contribution is 2.29. The van der Waals surface area contributed by atoms with Crippen LogP contribution in [0.25, 0.3) is 11.4 Å². The van der Waals surface area contributed by atoms with Gasteiger partial charge in [-0.05, 0) is 42.5 Å². The first-order chi connectivity index (χ1) is 13.6. The number of rotatable bonds is 6. The second-order valence-electron chi connectivity index (χ2n) is 5.95. The molecular weight excluding hydrogens is 380 g/mol. The molecule has 8 nitrogen and oxygen atoms in total. The van der Waals surface area contributed by atoms with Crippen LogP contribution in [-0.2, 0) is 4.79 Å². The average Bonchev–Trinajstić information content (AvgIpc) is 3.20. The van der Waals surface area contributed by atoms with Crippen LogP contribution in [0.5, 0.6) is 11.5 Å². The highest BCUT2D eigenvalue weighted by molar-refractivity contribution is 7.99. The van der Waals surface area contributed by atoms with E-state index in [1.807, 2.05) is 24.3 Å². The number of ketones is 1. The maximum Gasteiger partial charge on any atom is 0.262 e. The molecule has 0 aliphatic carbocycles. The molecule has 2 heterocycles. The second-order valence-corrected chi connectivity index (χ2v) is 6.90. The van der Waals surface area contributed by atoms with Crippen LogP contribution < -0.4 is 14.8 Å². The third-order valence-electron chi connectivity index (χ3n) is 4.10. The van der Waals surface area contributed by atoms with Crippen LogP contribution in [0.4, 0.5) is 5.69 Å². The predicted molar refractivity (Wildman–Crippen MR) is 104 cm³/mol. The topological polar surface area (TPSA) is 106 Å². The number of aromatic nitrogens is 3. The molecule has 0 fully saturated rings.